The lowest BCUT2D eigenvalue weighted by atomic mass is 10.1. The molecule has 22 heavy (non-hydrogen) atoms. The zero-order valence-corrected chi connectivity index (χ0v) is 13.6. The van der Waals surface area contributed by atoms with Crippen molar-refractivity contribution < 1.29 is 0 Å². The SMILES string of the molecule is CCCCn1cc(CN2CCC[C@@H]2c2ccncn2)c(C)n1. The summed E-state index contributed by atoms with van der Waals surface area (Å²) in [5, 5.41) is 4.65. The highest BCUT2D eigenvalue weighted by Gasteiger charge is 2.27. The van der Waals surface area contributed by atoms with Gasteiger partial charge in [-0.25, -0.2) is 9.97 Å². The summed E-state index contributed by atoms with van der Waals surface area (Å²) < 4.78 is 2.10. The second-order valence-corrected chi connectivity index (χ2v) is 6.12. The van der Waals surface area contributed by atoms with Gasteiger partial charge in [0, 0.05) is 31.0 Å². The van der Waals surface area contributed by atoms with Gasteiger partial charge in [-0.1, -0.05) is 13.3 Å². The fourth-order valence-corrected chi connectivity index (χ4v) is 3.22. The Balaban J connectivity index is 1.71. The summed E-state index contributed by atoms with van der Waals surface area (Å²) in [4.78, 5) is 11.0. The zero-order valence-electron chi connectivity index (χ0n) is 13.6. The van der Waals surface area contributed by atoms with Crippen molar-refractivity contribution >= 4 is 0 Å². The molecule has 1 aliphatic heterocycles. The molecular formula is C17H25N5. The molecule has 3 rings (SSSR count). The molecule has 118 valence electrons. The molecule has 0 amide bonds. The Labute approximate surface area is 132 Å². The fraction of sp³-hybridized carbons (Fsp3) is 0.588. The number of hydrogen-bond acceptors (Lipinski definition) is 4. The van der Waals surface area contributed by atoms with Gasteiger partial charge in [0.2, 0.25) is 0 Å². The molecule has 2 aromatic rings. The zero-order chi connectivity index (χ0) is 15.4. The van der Waals surface area contributed by atoms with E-state index in [0.717, 1.165) is 31.0 Å². The van der Waals surface area contributed by atoms with Gasteiger partial charge in [0.05, 0.1) is 17.4 Å². The van der Waals surface area contributed by atoms with Crippen LogP contribution in [-0.2, 0) is 13.1 Å². The summed E-state index contributed by atoms with van der Waals surface area (Å²) in [6.45, 7) is 7.45. The summed E-state index contributed by atoms with van der Waals surface area (Å²) in [6, 6.07) is 2.46. The first kappa shape index (κ1) is 15.2. The first-order valence-electron chi connectivity index (χ1n) is 8.31. The number of likely N-dealkylation sites (tertiary alicyclic amines) is 1. The van der Waals surface area contributed by atoms with Crippen LogP contribution in [0.15, 0.2) is 24.8 Å². The Morgan fingerprint density at radius 3 is 3.05 bits per heavy atom. The van der Waals surface area contributed by atoms with Gasteiger partial charge in [-0.15, -0.1) is 0 Å². The topological polar surface area (TPSA) is 46.8 Å². The second kappa shape index (κ2) is 7.01. The minimum absolute atomic E-state index is 0.418. The average Bonchev–Trinajstić information content (AvgIpc) is 3.14. The van der Waals surface area contributed by atoms with Gasteiger partial charge in [-0.3, -0.25) is 9.58 Å². The van der Waals surface area contributed by atoms with Crippen LogP contribution >= 0.6 is 0 Å². The van der Waals surface area contributed by atoms with Crippen molar-refractivity contribution in [3.8, 4) is 0 Å². The van der Waals surface area contributed by atoms with Crippen LogP contribution in [0, 0.1) is 6.92 Å². The third kappa shape index (κ3) is 3.35. The van der Waals surface area contributed by atoms with Gasteiger partial charge in [0.15, 0.2) is 0 Å². The molecule has 3 heterocycles. The monoisotopic (exact) mass is 299 g/mol. The van der Waals surface area contributed by atoms with Crippen molar-refractivity contribution in [1.82, 2.24) is 24.6 Å². The molecule has 2 aromatic heterocycles. The van der Waals surface area contributed by atoms with Crippen LogP contribution in [0.1, 0.15) is 55.6 Å². The van der Waals surface area contributed by atoms with Crippen LogP contribution < -0.4 is 0 Å². The number of unbranched alkanes of at least 4 members (excludes halogenated alkanes) is 1. The Hall–Kier alpha value is -1.75. The van der Waals surface area contributed by atoms with Crippen molar-refractivity contribution in [2.24, 2.45) is 0 Å². The van der Waals surface area contributed by atoms with E-state index in [2.05, 4.69) is 44.7 Å². The van der Waals surface area contributed by atoms with E-state index < -0.39 is 0 Å². The van der Waals surface area contributed by atoms with E-state index in [9.17, 15) is 0 Å². The molecule has 1 aliphatic rings. The summed E-state index contributed by atoms with van der Waals surface area (Å²) in [5.41, 5.74) is 3.64. The second-order valence-electron chi connectivity index (χ2n) is 6.12. The number of aryl methyl sites for hydroxylation is 2. The number of nitrogens with zero attached hydrogens (tertiary/aromatic N) is 5. The quantitative estimate of drug-likeness (QED) is 0.822. The first-order chi connectivity index (χ1) is 10.8. The first-order valence-corrected chi connectivity index (χ1v) is 8.31. The van der Waals surface area contributed by atoms with E-state index in [4.69, 9.17) is 0 Å². The van der Waals surface area contributed by atoms with E-state index in [-0.39, 0.29) is 0 Å². The van der Waals surface area contributed by atoms with Gasteiger partial charge in [-0.05, 0) is 38.8 Å². The van der Waals surface area contributed by atoms with Crippen LogP contribution in [0.3, 0.4) is 0 Å². The third-order valence-electron chi connectivity index (χ3n) is 4.47. The van der Waals surface area contributed by atoms with Crippen LogP contribution in [0.25, 0.3) is 0 Å². The maximum atomic E-state index is 4.65. The van der Waals surface area contributed by atoms with Crippen molar-refractivity contribution in [1.29, 1.82) is 0 Å². The molecule has 0 saturated carbocycles. The smallest absolute Gasteiger partial charge is 0.115 e. The lowest BCUT2D eigenvalue weighted by molar-refractivity contribution is 0.243. The summed E-state index contributed by atoms with van der Waals surface area (Å²) >= 11 is 0. The van der Waals surface area contributed by atoms with Crippen molar-refractivity contribution in [2.45, 2.75) is 58.7 Å². The summed E-state index contributed by atoms with van der Waals surface area (Å²) in [6.07, 6.45) is 10.5. The van der Waals surface area contributed by atoms with E-state index in [1.54, 1.807) is 6.33 Å². The minimum atomic E-state index is 0.418. The third-order valence-corrected chi connectivity index (χ3v) is 4.47. The minimum Gasteiger partial charge on any atom is -0.290 e. The molecule has 0 aliphatic carbocycles. The standard InChI is InChI=1S/C17H25N5/c1-3-4-10-22-12-15(14(2)20-22)11-21-9-5-6-17(21)16-7-8-18-13-19-16/h7-8,12-13,17H,3-6,9-11H2,1-2H3/t17-/m1/s1. The normalized spacial score (nSPS) is 18.9. The lowest BCUT2D eigenvalue weighted by Gasteiger charge is -2.23. The molecule has 0 N–H and O–H groups in total. The Kier molecular flexibility index (Phi) is 4.83. The molecule has 5 heteroatoms. The molecule has 0 bridgehead atoms. The highest BCUT2D eigenvalue weighted by atomic mass is 15.3. The van der Waals surface area contributed by atoms with E-state index in [1.165, 1.54) is 31.2 Å². The van der Waals surface area contributed by atoms with Gasteiger partial charge in [-0.2, -0.15) is 5.10 Å². The summed E-state index contributed by atoms with van der Waals surface area (Å²) in [5.74, 6) is 0. The molecule has 5 nitrogen and oxygen atoms in total. The lowest BCUT2D eigenvalue weighted by Crippen LogP contribution is -2.23. The van der Waals surface area contributed by atoms with Crippen molar-refractivity contribution in [3.05, 3.63) is 41.7 Å². The number of hydrogen-bond donors (Lipinski definition) is 0. The maximum absolute atomic E-state index is 4.65. The van der Waals surface area contributed by atoms with Gasteiger partial charge >= 0.3 is 0 Å². The Bertz CT molecular complexity index is 592. The maximum Gasteiger partial charge on any atom is 0.115 e. The number of aromatic nitrogens is 4. The number of rotatable bonds is 6. The fourth-order valence-electron chi connectivity index (χ4n) is 3.22. The van der Waals surface area contributed by atoms with E-state index in [0.29, 0.717) is 6.04 Å². The van der Waals surface area contributed by atoms with Crippen LogP contribution in [0.5, 0.6) is 0 Å². The molecule has 0 unspecified atom stereocenters. The highest BCUT2D eigenvalue weighted by Crippen LogP contribution is 2.32. The molecule has 1 atom stereocenters. The molecular weight excluding hydrogens is 274 g/mol. The van der Waals surface area contributed by atoms with Gasteiger partial charge in [0.25, 0.3) is 0 Å². The average molecular weight is 299 g/mol. The van der Waals surface area contributed by atoms with E-state index >= 15 is 0 Å². The molecule has 0 aromatic carbocycles. The molecule has 1 saturated heterocycles. The van der Waals surface area contributed by atoms with Gasteiger partial charge in [0.1, 0.15) is 6.33 Å². The molecule has 1 fully saturated rings. The van der Waals surface area contributed by atoms with E-state index in [1.807, 2.05) is 12.3 Å². The molecule has 0 radical (unpaired) electrons. The van der Waals surface area contributed by atoms with Crippen LogP contribution in [0.4, 0.5) is 0 Å². The highest BCUT2D eigenvalue weighted by molar-refractivity contribution is 5.17. The largest absolute Gasteiger partial charge is 0.290 e. The summed E-state index contributed by atoms with van der Waals surface area (Å²) in [7, 11) is 0. The van der Waals surface area contributed by atoms with Gasteiger partial charge < -0.3 is 0 Å². The van der Waals surface area contributed by atoms with Crippen molar-refractivity contribution in [2.75, 3.05) is 6.54 Å². The van der Waals surface area contributed by atoms with Crippen LogP contribution in [-0.4, -0.2) is 31.2 Å². The van der Waals surface area contributed by atoms with Crippen molar-refractivity contribution in [3.63, 3.8) is 0 Å². The molecule has 0 spiro atoms. The predicted molar refractivity (Wildman–Crippen MR) is 86.3 cm³/mol. The Morgan fingerprint density at radius 1 is 1.36 bits per heavy atom. The predicted octanol–water partition coefficient (Wildman–Crippen LogP) is 3.12. The van der Waals surface area contributed by atoms with Crippen LogP contribution in [0.2, 0.25) is 0 Å². The Morgan fingerprint density at radius 2 is 2.27 bits per heavy atom.